The molecule has 0 N–H and O–H groups in total. The number of halogens is 1. The van der Waals surface area contributed by atoms with E-state index in [4.69, 9.17) is 11.6 Å². The Labute approximate surface area is 147 Å². The zero-order chi connectivity index (χ0) is 17.1. The number of carbonyl (C=O) groups is 2. The molecule has 0 saturated carbocycles. The molecule has 0 atom stereocenters. The van der Waals surface area contributed by atoms with Crippen LogP contribution in [0.2, 0.25) is 5.02 Å². The van der Waals surface area contributed by atoms with Crippen molar-refractivity contribution in [3.05, 3.63) is 34.9 Å². The highest BCUT2D eigenvalue weighted by molar-refractivity contribution is 6.30. The lowest BCUT2D eigenvalue weighted by atomic mass is 10.2. The van der Waals surface area contributed by atoms with E-state index in [1.54, 1.807) is 9.80 Å². The first kappa shape index (κ1) is 17.0. The third-order valence-corrected chi connectivity index (χ3v) is 4.86. The van der Waals surface area contributed by atoms with Crippen LogP contribution < -0.4 is 0 Å². The van der Waals surface area contributed by atoms with E-state index >= 15 is 0 Å². The SMILES string of the molecule is CN1CCN(C(=O)CN2CCN(Cc3cccc(Cl)c3)C2=O)CC1. The third-order valence-electron chi connectivity index (χ3n) is 4.63. The van der Waals surface area contributed by atoms with Gasteiger partial charge in [-0.3, -0.25) is 4.79 Å². The maximum absolute atomic E-state index is 12.5. The van der Waals surface area contributed by atoms with Crippen molar-refractivity contribution in [3.63, 3.8) is 0 Å². The Balaban J connectivity index is 1.53. The first-order chi connectivity index (χ1) is 11.5. The van der Waals surface area contributed by atoms with Gasteiger partial charge in [0.25, 0.3) is 0 Å². The van der Waals surface area contributed by atoms with E-state index in [0.29, 0.717) is 24.7 Å². The predicted octanol–water partition coefficient (Wildman–Crippen LogP) is 1.35. The molecule has 1 aromatic rings. The summed E-state index contributed by atoms with van der Waals surface area (Å²) in [7, 11) is 2.06. The summed E-state index contributed by atoms with van der Waals surface area (Å²) in [5, 5.41) is 0.668. The van der Waals surface area contributed by atoms with Crippen molar-refractivity contribution in [3.8, 4) is 0 Å². The molecule has 3 rings (SSSR count). The standard InChI is InChI=1S/C17H23ClN4O2/c1-19-5-7-20(8-6-19)16(23)13-22-10-9-21(17(22)24)12-14-3-2-4-15(18)11-14/h2-4,11H,5-10,12-13H2,1H3. The van der Waals surface area contributed by atoms with Gasteiger partial charge in [0.15, 0.2) is 0 Å². The van der Waals surface area contributed by atoms with Crippen molar-refractivity contribution in [2.45, 2.75) is 6.54 Å². The molecule has 2 heterocycles. The fourth-order valence-corrected chi connectivity index (χ4v) is 3.31. The van der Waals surface area contributed by atoms with Gasteiger partial charge in [0.05, 0.1) is 0 Å². The van der Waals surface area contributed by atoms with Gasteiger partial charge in [-0.1, -0.05) is 23.7 Å². The summed E-state index contributed by atoms with van der Waals surface area (Å²) in [5.41, 5.74) is 1.00. The molecule has 0 aromatic heterocycles. The average Bonchev–Trinajstić information content (AvgIpc) is 2.89. The molecule has 7 heteroatoms. The quantitative estimate of drug-likeness (QED) is 0.823. The molecular weight excluding hydrogens is 328 g/mol. The van der Waals surface area contributed by atoms with E-state index in [1.807, 2.05) is 29.2 Å². The number of hydrogen-bond donors (Lipinski definition) is 0. The molecule has 0 aliphatic carbocycles. The second kappa shape index (κ2) is 7.40. The summed E-state index contributed by atoms with van der Waals surface area (Å²) < 4.78 is 0. The lowest BCUT2D eigenvalue weighted by Gasteiger charge is -2.33. The highest BCUT2D eigenvalue weighted by Crippen LogP contribution is 2.16. The fraction of sp³-hybridized carbons (Fsp3) is 0.529. The van der Waals surface area contributed by atoms with E-state index in [0.717, 1.165) is 31.7 Å². The van der Waals surface area contributed by atoms with Crippen LogP contribution in [0, 0.1) is 0 Å². The first-order valence-electron chi connectivity index (χ1n) is 8.27. The van der Waals surface area contributed by atoms with E-state index in [2.05, 4.69) is 11.9 Å². The van der Waals surface area contributed by atoms with Crippen LogP contribution in [-0.4, -0.2) is 84.4 Å². The normalized spacial score (nSPS) is 19.2. The molecule has 2 fully saturated rings. The molecule has 0 unspecified atom stereocenters. The number of hydrogen-bond acceptors (Lipinski definition) is 3. The van der Waals surface area contributed by atoms with E-state index < -0.39 is 0 Å². The van der Waals surface area contributed by atoms with Crippen molar-refractivity contribution in [1.82, 2.24) is 19.6 Å². The van der Waals surface area contributed by atoms with Crippen LogP contribution >= 0.6 is 11.6 Å². The van der Waals surface area contributed by atoms with Gasteiger partial charge in [0.1, 0.15) is 6.54 Å². The average molecular weight is 351 g/mol. The molecule has 2 saturated heterocycles. The van der Waals surface area contributed by atoms with Crippen molar-refractivity contribution in [1.29, 1.82) is 0 Å². The second-order valence-corrected chi connectivity index (χ2v) is 6.88. The highest BCUT2D eigenvalue weighted by atomic mass is 35.5. The number of carbonyl (C=O) groups excluding carboxylic acids is 2. The smallest absolute Gasteiger partial charge is 0.320 e. The van der Waals surface area contributed by atoms with E-state index in [9.17, 15) is 9.59 Å². The van der Waals surface area contributed by atoms with Crippen LogP contribution in [0.25, 0.3) is 0 Å². The van der Waals surface area contributed by atoms with Crippen LogP contribution in [0.4, 0.5) is 4.79 Å². The number of benzene rings is 1. The number of nitrogens with zero attached hydrogens (tertiary/aromatic N) is 4. The molecule has 2 aliphatic rings. The van der Waals surface area contributed by atoms with E-state index in [1.165, 1.54) is 0 Å². The van der Waals surface area contributed by atoms with Gasteiger partial charge in [-0.2, -0.15) is 0 Å². The van der Waals surface area contributed by atoms with Crippen LogP contribution in [0.15, 0.2) is 24.3 Å². The summed E-state index contributed by atoms with van der Waals surface area (Å²) in [5.74, 6) is 0.0426. The Morgan fingerprint density at radius 2 is 1.79 bits per heavy atom. The number of likely N-dealkylation sites (N-methyl/N-ethyl adjacent to an activating group) is 1. The Hall–Kier alpha value is -1.79. The maximum atomic E-state index is 12.5. The molecule has 24 heavy (non-hydrogen) atoms. The van der Waals surface area contributed by atoms with Crippen LogP contribution in [-0.2, 0) is 11.3 Å². The zero-order valence-electron chi connectivity index (χ0n) is 13.9. The number of piperazine rings is 1. The van der Waals surface area contributed by atoms with Crippen molar-refractivity contribution >= 4 is 23.5 Å². The third kappa shape index (κ3) is 3.99. The second-order valence-electron chi connectivity index (χ2n) is 6.44. The molecule has 0 radical (unpaired) electrons. The summed E-state index contributed by atoms with van der Waals surface area (Å²) in [4.78, 5) is 32.4. The number of urea groups is 1. The molecule has 130 valence electrons. The van der Waals surface area contributed by atoms with Gasteiger partial charge < -0.3 is 19.6 Å². The first-order valence-corrected chi connectivity index (χ1v) is 8.65. The Morgan fingerprint density at radius 3 is 2.50 bits per heavy atom. The van der Waals surface area contributed by atoms with Crippen molar-refractivity contribution in [2.75, 3.05) is 52.9 Å². The minimum absolute atomic E-state index is 0.0426. The molecule has 1 aromatic carbocycles. The van der Waals surface area contributed by atoms with Gasteiger partial charge in [0.2, 0.25) is 5.91 Å². The maximum Gasteiger partial charge on any atom is 0.320 e. The summed E-state index contributed by atoms with van der Waals surface area (Å²) in [6.07, 6.45) is 0. The molecular formula is C17H23ClN4O2. The predicted molar refractivity (Wildman–Crippen MR) is 92.9 cm³/mol. The summed E-state index contributed by atoms with van der Waals surface area (Å²) in [6, 6.07) is 7.45. The summed E-state index contributed by atoms with van der Waals surface area (Å²) >= 11 is 5.99. The van der Waals surface area contributed by atoms with Gasteiger partial charge in [0, 0.05) is 50.8 Å². The summed E-state index contributed by atoms with van der Waals surface area (Å²) in [6.45, 7) is 5.20. The topological polar surface area (TPSA) is 47.1 Å². The van der Waals surface area contributed by atoms with Crippen molar-refractivity contribution in [2.24, 2.45) is 0 Å². The van der Waals surface area contributed by atoms with Crippen LogP contribution in [0.1, 0.15) is 5.56 Å². The zero-order valence-corrected chi connectivity index (χ0v) is 14.7. The van der Waals surface area contributed by atoms with Gasteiger partial charge in [-0.15, -0.1) is 0 Å². The number of rotatable bonds is 4. The Bertz CT molecular complexity index is 616. The molecule has 0 bridgehead atoms. The van der Waals surface area contributed by atoms with Gasteiger partial charge in [-0.25, -0.2) is 4.79 Å². The molecule has 6 nitrogen and oxygen atoms in total. The fourth-order valence-electron chi connectivity index (χ4n) is 3.10. The van der Waals surface area contributed by atoms with Gasteiger partial charge >= 0.3 is 6.03 Å². The highest BCUT2D eigenvalue weighted by Gasteiger charge is 2.31. The Kier molecular flexibility index (Phi) is 5.26. The minimum atomic E-state index is -0.0718. The lowest BCUT2D eigenvalue weighted by Crippen LogP contribution is -2.50. The van der Waals surface area contributed by atoms with E-state index in [-0.39, 0.29) is 18.5 Å². The van der Waals surface area contributed by atoms with Gasteiger partial charge in [-0.05, 0) is 24.7 Å². The van der Waals surface area contributed by atoms with Crippen LogP contribution in [0.3, 0.4) is 0 Å². The minimum Gasteiger partial charge on any atom is -0.339 e. The van der Waals surface area contributed by atoms with Crippen molar-refractivity contribution < 1.29 is 9.59 Å². The lowest BCUT2D eigenvalue weighted by molar-refractivity contribution is -0.133. The Morgan fingerprint density at radius 1 is 1.08 bits per heavy atom. The molecule has 2 aliphatic heterocycles. The molecule has 3 amide bonds. The number of amides is 3. The van der Waals surface area contributed by atoms with Crippen LogP contribution in [0.5, 0.6) is 0 Å². The molecule has 0 spiro atoms. The largest absolute Gasteiger partial charge is 0.339 e. The monoisotopic (exact) mass is 350 g/mol.